The van der Waals surface area contributed by atoms with Crippen molar-refractivity contribution in [2.24, 2.45) is 0 Å². The maximum Gasteiger partial charge on any atom is 0.216 e. The molecule has 0 saturated heterocycles. The van der Waals surface area contributed by atoms with Gasteiger partial charge in [0.1, 0.15) is 12.2 Å². The van der Waals surface area contributed by atoms with Crippen molar-refractivity contribution in [3.05, 3.63) is 34.9 Å². The van der Waals surface area contributed by atoms with Gasteiger partial charge in [-0.1, -0.05) is 18.2 Å². The first-order valence-electron chi connectivity index (χ1n) is 5.59. The number of nitrogens with one attached hydrogen (secondary N) is 1. The molecule has 0 aliphatic rings. The van der Waals surface area contributed by atoms with Gasteiger partial charge >= 0.3 is 0 Å². The van der Waals surface area contributed by atoms with Crippen LogP contribution in [0.5, 0.6) is 0 Å². The average Bonchev–Trinajstić information content (AvgIpc) is 2.28. The summed E-state index contributed by atoms with van der Waals surface area (Å²) in [5, 5.41) is 22.1. The molecule has 0 saturated carbocycles. The van der Waals surface area contributed by atoms with Crippen LogP contribution in [0.25, 0.3) is 0 Å². The third-order valence-electron chi connectivity index (χ3n) is 2.80. The number of rotatable bonds is 4. The van der Waals surface area contributed by atoms with E-state index < -0.39 is 12.2 Å². The molecule has 0 aliphatic carbocycles. The molecule has 2 unspecified atom stereocenters. The van der Waals surface area contributed by atoms with E-state index in [1.807, 2.05) is 26.0 Å². The van der Waals surface area contributed by atoms with Crippen molar-refractivity contribution in [2.75, 3.05) is 6.54 Å². The number of hydrogen-bond acceptors (Lipinski definition) is 3. The van der Waals surface area contributed by atoms with Crippen molar-refractivity contribution >= 4 is 5.91 Å². The molecule has 0 aromatic heterocycles. The molecule has 0 bridgehead atoms. The molecule has 1 amide bonds. The van der Waals surface area contributed by atoms with Crippen molar-refractivity contribution in [1.29, 1.82) is 0 Å². The fourth-order valence-corrected chi connectivity index (χ4v) is 1.53. The zero-order valence-electron chi connectivity index (χ0n) is 10.4. The lowest BCUT2D eigenvalue weighted by atomic mass is 9.99. The molecule has 1 aromatic rings. The average molecular weight is 237 g/mol. The molecule has 4 nitrogen and oxygen atoms in total. The molecule has 3 N–H and O–H groups in total. The smallest absolute Gasteiger partial charge is 0.216 e. The summed E-state index contributed by atoms with van der Waals surface area (Å²) in [6, 6.07) is 5.53. The number of benzene rings is 1. The number of aliphatic hydroxyl groups excluding tert-OH is 2. The lowest BCUT2D eigenvalue weighted by molar-refractivity contribution is -0.119. The van der Waals surface area contributed by atoms with Crippen LogP contribution in [-0.2, 0) is 4.79 Å². The Kier molecular flexibility index (Phi) is 4.66. The summed E-state index contributed by atoms with van der Waals surface area (Å²) in [6.45, 7) is 5.35. The molecule has 2 atom stereocenters. The van der Waals surface area contributed by atoms with Gasteiger partial charge in [0.25, 0.3) is 0 Å². The second-order valence-corrected chi connectivity index (χ2v) is 4.29. The van der Waals surface area contributed by atoms with Crippen molar-refractivity contribution in [1.82, 2.24) is 5.32 Å². The van der Waals surface area contributed by atoms with Crippen LogP contribution >= 0.6 is 0 Å². The fraction of sp³-hybridized carbons (Fsp3) is 0.462. The van der Waals surface area contributed by atoms with Gasteiger partial charge in [0.2, 0.25) is 5.91 Å². The van der Waals surface area contributed by atoms with Crippen LogP contribution in [0.1, 0.15) is 29.7 Å². The Bertz CT molecular complexity index is 404. The van der Waals surface area contributed by atoms with Crippen LogP contribution in [0, 0.1) is 13.8 Å². The molecular weight excluding hydrogens is 218 g/mol. The van der Waals surface area contributed by atoms with Crippen molar-refractivity contribution in [3.8, 4) is 0 Å². The molecule has 0 spiro atoms. The summed E-state index contributed by atoms with van der Waals surface area (Å²) in [6.07, 6.45) is -1.98. The van der Waals surface area contributed by atoms with Crippen LogP contribution in [0.3, 0.4) is 0 Å². The summed E-state index contributed by atoms with van der Waals surface area (Å²) in [7, 11) is 0. The highest BCUT2D eigenvalue weighted by molar-refractivity contribution is 5.72. The minimum Gasteiger partial charge on any atom is -0.388 e. The number of carbonyl (C=O) groups is 1. The highest BCUT2D eigenvalue weighted by atomic mass is 16.3. The predicted molar refractivity (Wildman–Crippen MR) is 65.6 cm³/mol. The number of carbonyl (C=O) groups excluding carboxylic acids is 1. The Morgan fingerprint density at radius 1 is 1.29 bits per heavy atom. The minimum atomic E-state index is -0.999. The maximum atomic E-state index is 10.7. The van der Waals surface area contributed by atoms with Gasteiger partial charge in [-0.25, -0.2) is 0 Å². The second kappa shape index (κ2) is 5.80. The minimum absolute atomic E-state index is 0.0451. The van der Waals surface area contributed by atoms with Gasteiger partial charge in [0.05, 0.1) is 0 Å². The molecule has 0 radical (unpaired) electrons. The Balaban J connectivity index is 2.70. The largest absolute Gasteiger partial charge is 0.388 e. The molecule has 1 rings (SSSR count). The van der Waals surface area contributed by atoms with Gasteiger partial charge < -0.3 is 15.5 Å². The number of aryl methyl sites for hydroxylation is 2. The highest BCUT2D eigenvalue weighted by Gasteiger charge is 2.18. The van der Waals surface area contributed by atoms with Crippen molar-refractivity contribution in [3.63, 3.8) is 0 Å². The molecule has 1 aromatic carbocycles. The lowest BCUT2D eigenvalue weighted by Crippen LogP contribution is -2.34. The number of aliphatic hydroxyl groups is 2. The molecule has 0 heterocycles. The molecule has 4 heteroatoms. The van der Waals surface area contributed by atoms with Gasteiger partial charge in [-0.3, -0.25) is 4.79 Å². The van der Waals surface area contributed by atoms with Crippen LogP contribution in [0.2, 0.25) is 0 Å². The van der Waals surface area contributed by atoms with Gasteiger partial charge in [-0.15, -0.1) is 0 Å². The first-order chi connectivity index (χ1) is 7.91. The van der Waals surface area contributed by atoms with Gasteiger partial charge in [-0.2, -0.15) is 0 Å². The SMILES string of the molecule is CC(=O)NCC(O)C(O)c1ccc(C)c(C)c1. The van der Waals surface area contributed by atoms with E-state index in [0.29, 0.717) is 5.56 Å². The standard InChI is InChI=1S/C13H19NO3/c1-8-4-5-11(6-9(8)2)13(17)12(16)7-14-10(3)15/h4-6,12-13,16-17H,7H2,1-3H3,(H,14,15). The summed E-state index contributed by atoms with van der Waals surface area (Å²) in [5.41, 5.74) is 2.86. The van der Waals surface area contributed by atoms with E-state index in [1.165, 1.54) is 6.92 Å². The van der Waals surface area contributed by atoms with E-state index in [0.717, 1.165) is 11.1 Å². The van der Waals surface area contributed by atoms with Crippen LogP contribution in [0.15, 0.2) is 18.2 Å². The lowest BCUT2D eigenvalue weighted by Gasteiger charge is -2.19. The Hall–Kier alpha value is -1.39. The third-order valence-corrected chi connectivity index (χ3v) is 2.80. The van der Waals surface area contributed by atoms with E-state index >= 15 is 0 Å². The molecule has 17 heavy (non-hydrogen) atoms. The van der Waals surface area contributed by atoms with E-state index in [4.69, 9.17) is 0 Å². The first kappa shape index (κ1) is 13.7. The highest BCUT2D eigenvalue weighted by Crippen LogP contribution is 2.19. The Labute approximate surface area is 101 Å². The Morgan fingerprint density at radius 2 is 1.94 bits per heavy atom. The monoisotopic (exact) mass is 237 g/mol. The maximum absolute atomic E-state index is 10.7. The van der Waals surface area contributed by atoms with Crippen LogP contribution < -0.4 is 5.32 Å². The Morgan fingerprint density at radius 3 is 2.47 bits per heavy atom. The van der Waals surface area contributed by atoms with Gasteiger partial charge in [-0.05, 0) is 30.5 Å². The van der Waals surface area contributed by atoms with E-state index in [9.17, 15) is 15.0 Å². The second-order valence-electron chi connectivity index (χ2n) is 4.29. The molecule has 0 aliphatic heterocycles. The topological polar surface area (TPSA) is 69.6 Å². The van der Waals surface area contributed by atoms with Crippen molar-refractivity contribution in [2.45, 2.75) is 33.0 Å². The van der Waals surface area contributed by atoms with Gasteiger partial charge in [0, 0.05) is 13.5 Å². The molecule has 0 fully saturated rings. The van der Waals surface area contributed by atoms with Crippen LogP contribution in [0.4, 0.5) is 0 Å². The summed E-state index contributed by atoms with van der Waals surface area (Å²) < 4.78 is 0. The van der Waals surface area contributed by atoms with E-state index in [1.54, 1.807) is 6.07 Å². The predicted octanol–water partition coefficient (Wildman–Crippen LogP) is 0.834. The van der Waals surface area contributed by atoms with Crippen molar-refractivity contribution < 1.29 is 15.0 Å². The number of hydrogen-bond donors (Lipinski definition) is 3. The molecular formula is C13H19NO3. The zero-order chi connectivity index (χ0) is 13.0. The normalized spacial score (nSPS) is 14.2. The van der Waals surface area contributed by atoms with E-state index in [2.05, 4.69) is 5.32 Å². The zero-order valence-corrected chi connectivity index (χ0v) is 10.4. The number of amides is 1. The fourth-order valence-electron chi connectivity index (χ4n) is 1.53. The first-order valence-corrected chi connectivity index (χ1v) is 5.59. The van der Waals surface area contributed by atoms with E-state index in [-0.39, 0.29) is 12.5 Å². The van der Waals surface area contributed by atoms with Crippen LogP contribution in [-0.4, -0.2) is 28.8 Å². The summed E-state index contributed by atoms with van der Waals surface area (Å²) in [4.78, 5) is 10.7. The summed E-state index contributed by atoms with van der Waals surface area (Å²) >= 11 is 0. The third kappa shape index (κ3) is 3.84. The summed E-state index contributed by atoms with van der Waals surface area (Å²) in [5.74, 6) is -0.226. The quantitative estimate of drug-likeness (QED) is 0.726. The van der Waals surface area contributed by atoms with Gasteiger partial charge in [0.15, 0.2) is 0 Å². The molecule has 94 valence electrons.